The minimum absolute atomic E-state index is 0.160. The summed E-state index contributed by atoms with van der Waals surface area (Å²) in [4.78, 5) is 16.7. The van der Waals surface area contributed by atoms with Gasteiger partial charge in [0.05, 0.1) is 0 Å². The molecule has 96 valence electrons. The Labute approximate surface area is 103 Å². The Morgan fingerprint density at radius 1 is 1.18 bits per heavy atom. The molecule has 0 bridgehead atoms. The quantitative estimate of drug-likeness (QED) is 0.718. The van der Waals surface area contributed by atoms with Crippen molar-refractivity contribution in [3.63, 3.8) is 0 Å². The molecule has 0 unspecified atom stereocenters. The Kier molecular flexibility index (Phi) is 2.87. The van der Waals surface area contributed by atoms with Crippen molar-refractivity contribution < 1.29 is 4.79 Å². The molecule has 0 aromatic rings. The molecule has 0 aromatic carbocycles. The Morgan fingerprint density at radius 2 is 1.82 bits per heavy atom. The van der Waals surface area contributed by atoms with E-state index in [0.717, 1.165) is 32.1 Å². The molecule has 4 heteroatoms. The van der Waals surface area contributed by atoms with Crippen LogP contribution in [0.15, 0.2) is 0 Å². The molecule has 17 heavy (non-hydrogen) atoms. The highest BCUT2D eigenvalue weighted by molar-refractivity contribution is 5.86. The number of nitrogens with zero attached hydrogens (tertiary/aromatic N) is 2. The Morgan fingerprint density at radius 3 is 2.35 bits per heavy atom. The third-order valence-corrected chi connectivity index (χ3v) is 4.37. The monoisotopic (exact) mass is 237 g/mol. The number of rotatable bonds is 3. The number of hydrogen-bond acceptors (Lipinski definition) is 3. The van der Waals surface area contributed by atoms with Crippen LogP contribution >= 0.6 is 0 Å². The van der Waals surface area contributed by atoms with E-state index in [9.17, 15) is 4.79 Å². The Bertz CT molecular complexity index is 306. The van der Waals surface area contributed by atoms with Crippen LogP contribution in [0.25, 0.3) is 0 Å². The minimum Gasteiger partial charge on any atom is -0.339 e. The van der Waals surface area contributed by atoms with E-state index in [1.165, 1.54) is 12.8 Å². The summed E-state index contributed by atoms with van der Waals surface area (Å²) >= 11 is 0. The highest BCUT2D eigenvalue weighted by Crippen LogP contribution is 2.40. The second-order valence-corrected chi connectivity index (χ2v) is 5.96. The van der Waals surface area contributed by atoms with Crippen LogP contribution in [0.4, 0.5) is 0 Å². The van der Waals surface area contributed by atoms with Crippen LogP contribution in [-0.2, 0) is 4.79 Å². The molecule has 2 saturated heterocycles. The number of carbonyl (C=O) groups is 1. The number of piperazine rings is 1. The van der Waals surface area contributed by atoms with Gasteiger partial charge in [0.2, 0.25) is 5.91 Å². The molecule has 2 aliphatic heterocycles. The molecule has 1 N–H and O–H groups in total. The van der Waals surface area contributed by atoms with Crippen LogP contribution in [0.2, 0.25) is 0 Å². The molecule has 1 amide bonds. The first-order valence-electron chi connectivity index (χ1n) is 6.95. The average Bonchev–Trinajstić information content (AvgIpc) is 3.16. The number of hydrogen-bond donors (Lipinski definition) is 1. The van der Waals surface area contributed by atoms with Gasteiger partial charge < -0.3 is 4.90 Å². The molecular weight excluding hydrogens is 214 g/mol. The van der Waals surface area contributed by atoms with Gasteiger partial charge in [-0.1, -0.05) is 0 Å². The van der Waals surface area contributed by atoms with Crippen LogP contribution in [0, 0.1) is 5.92 Å². The van der Waals surface area contributed by atoms with Crippen molar-refractivity contribution in [3.8, 4) is 0 Å². The molecule has 4 nitrogen and oxygen atoms in total. The Balaban J connectivity index is 1.48. The molecule has 2 heterocycles. The predicted molar refractivity (Wildman–Crippen MR) is 66.7 cm³/mol. The van der Waals surface area contributed by atoms with Crippen molar-refractivity contribution in [3.05, 3.63) is 0 Å². The molecule has 0 aromatic heterocycles. The van der Waals surface area contributed by atoms with Crippen molar-refractivity contribution in [2.45, 2.75) is 44.8 Å². The van der Waals surface area contributed by atoms with Crippen molar-refractivity contribution in [1.82, 2.24) is 15.1 Å². The number of amides is 1. The van der Waals surface area contributed by atoms with Crippen molar-refractivity contribution in [2.24, 2.45) is 5.92 Å². The third-order valence-electron chi connectivity index (χ3n) is 4.37. The highest BCUT2D eigenvalue weighted by Gasteiger charge is 2.52. The van der Waals surface area contributed by atoms with Gasteiger partial charge in [-0.3, -0.25) is 15.0 Å². The van der Waals surface area contributed by atoms with Gasteiger partial charge in [0, 0.05) is 38.3 Å². The second-order valence-electron chi connectivity index (χ2n) is 5.96. The SMILES string of the molecule is CC(C)N1CCN(C(=O)[C@H]2N[C@H]2C2CC2)CC1. The summed E-state index contributed by atoms with van der Waals surface area (Å²) in [6, 6.07) is 1.28. The van der Waals surface area contributed by atoms with E-state index in [0.29, 0.717) is 18.0 Å². The first-order chi connectivity index (χ1) is 8.16. The second kappa shape index (κ2) is 4.25. The molecule has 2 atom stereocenters. The van der Waals surface area contributed by atoms with E-state index in [4.69, 9.17) is 0 Å². The van der Waals surface area contributed by atoms with Gasteiger partial charge in [0.1, 0.15) is 6.04 Å². The van der Waals surface area contributed by atoms with Gasteiger partial charge in [-0.25, -0.2) is 0 Å². The largest absolute Gasteiger partial charge is 0.339 e. The lowest BCUT2D eigenvalue weighted by Gasteiger charge is -2.36. The number of nitrogens with one attached hydrogen (secondary N) is 1. The van der Waals surface area contributed by atoms with Gasteiger partial charge >= 0.3 is 0 Å². The fourth-order valence-electron chi connectivity index (χ4n) is 2.90. The maximum atomic E-state index is 12.2. The van der Waals surface area contributed by atoms with Crippen LogP contribution < -0.4 is 5.32 Å². The zero-order valence-electron chi connectivity index (χ0n) is 10.9. The molecule has 0 spiro atoms. The van der Waals surface area contributed by atoms with E-state index in [2.05, 4.69) is 29.0 Å². The van der Waals surface area contributed by atoms with Gasteiger partial charge in [-0.2, -0.15) is 0 Å². The maximum Gasteiger partial charge on any atom is 0.241 e. The van der Waals surface area contributed by atoms with Gasteiger partial charge in [-0.05, 0) is 32.6 Å². The first-order valence-corrected chi connectivity index (χ1v) is 6.95. The van der Waals surface area contributed by atoms with Crippen molar-refractivity contribution in [2.75, 3.05) is 26.2 Å². The lowest BCUT2D eigenvalue weighted by atomic mass is 10.2. The van der Waals surface area contributed by atoms with E-state index in [1.54, 1.807) is 0 Å². The predicted octanol–water partition coefficient (Wildman–Crippen LogP) is 0.289. The molecule has 1 saturated carbocycles. The first kappa shape index (κ1) is 11.5. The molecule has 1 aliphatic carbocycles. The molecule has 3 fully saturated rings. The van der Waals surface area contributed by atoms with Gasteiger partial charge in [0.25, 0.3) is 0 Å². The third kappa shape index (κ3) is 2.33. The maximum absolute atomic E-state index is 12.2. The lowest BCUT2D eigenvalue weighted by Crippen LogP contribution is -2.52. The van der Waals surface area contributed by atoms with Crippen LogP contribution in [0.1, 0.15) is 26.7 Å². The van der Waals surface area contributed by atoms with Crippen LogP contribution in [0.5, 0.6) is 0 Å². The Hall–Kier alpha value is -0.610. The summed E-state index contributed by atoms with van der Waals surface area (Å²) in [5, 5.41) is 3.36. The average molecular weight is 237 g/mol. The zero-order chi connectivity index (χ0) is 12.0. The van der Waals surface area contributed by atoms with Gasteiger partial charge in [-0.15, -0.1) is 0 Å². The van der Waals surface area contributed by atoms with Crippen LogP contribution in [-0.4, -0.2) is 60.0 Å². The fraction of sp³-hybridized carbons (Fsp3) is 0.923. The molecule has 3 aliphatic rings. The van der Waals surface area contributed by atoms with E-state index >= 15 is 0 Å². The smallest absolute Gasteiger partial charge is 0.241 e. The standard InChI is InChI=1S/C13H23N3O/c1-9(2)15-5-7-16(8-6-15)13(17)12-11(14-12)10-3-4-10/h9-12,14H,3-8H2,1-2H3/t11-,12-/m0/s1. The summed E-state index contributed by atoms with van der Waals surface area (Å²) in [6.07, 6.45) is 2.64. The number of carbonyl (C=O) groups excluding carboxylic acids is 1. The van der Waals surface area contributed by atoms with E-state index < -0.39 is 0 Å². The minimum atomic E-state index is 0.160. The molecule has 3 rings (SSSR count). The molecular formula is C13H23N3O. The van der Waals surface area contributed by atoms with Crippen molar-refractivity contribution in [1.29, 1.82) is 0 Å². The normalized spacial score (nSPS) is 34.2. The summed E-state index contributed by atoms with van der Waals surface area (Å²) in [7, 11) is 0. The van der Waals surface area contributed by atoms with Crippen molar-refractivity contribution >= 4 is 5.91 Å². The summed E-state index contributed by atoms with van der Waals surface area (Å²) in [5.74, 6) is 1.16. The van der Waals surface area contributed by atoms with Crippen LogP contribution in [0.3, 0.4) is 0 Å². The zero-order valence-corrected chi connectivity index (χ0v) is 10.9. The summed E-state index contributed by atoms with van der Waals surface area (Å²) in [6.45, 7) is 8.33. The topological polar surface area (TPSA) is 45.5 Å². The van der Waals surface area contributed by atoms with E-state index in [1.807, 2.05) is 0 Å². The lowest BCUT2D eigenvalue weighted by molar-refractivity contribution is -0.132. The summed E-state index contributed by atoms with van der Waals surface area (Å²) < 4.78 is 0. The highest BCUT2D eigenvalue weighted by atomic mass is 16.2. The van der Waals surface area contributed by atoms with Gasteiger partial charge in [0.15, 0.2) is 0 Å². The van der Waals surface area contributed by atoms with E-state index in [-0.39, 0.29) is 6.04 Å². The summed E-state index contributed by atoms with van der Waals surface area (Å²) in [5.41, 5.74) is 0. The molecule has 0 radical (unpaired) electrons. The fourth-order valence-corrected chi connectivity index (χ4v) is 2.90.